The van der Waals surface area contributed by atoms with Crippen molar-refractivity contribution in [1.29, 1.82) is 0 Å². The average Bonchev–Trinajstić information content (AvgIpc) is 2.41. The van der Waals surface area contributed by atoms with Gasteiger partial charge in [-0.3, -0.25) is 11.3 Å². The van der Waals surface area contributed by atoms with Crippen molar-refractivity contribution in [3.8, 4) is 0 Å². The second-order valence-corrected chi connectivity index (χ2v) is 2.11. The van der Waals surface area contributed by atoms with Crippen LogP contribution in [0, 0.1) is 0 Å². The molecule has 4 nitrogen and oxygen atoms in total. The zero-order valence-electron chi connectivity index (χ0n) is 7.05. The minimum absolute atomic E-state index is 0. The first-order chi connectivity index (χ1) is 4.93. The predicted octanol–water partition coefficient (Wildman–Crippen LogP) is 1.00. The molecular weight excluding hydrogens is 234 g/mol. The molecule has 0 unspecified atom stereocenters. The van der Waals surface area contributed by atoms with E-state index in [1.54, 1.807) is 12.5 Å². The first-order valence-electron chi connectivity index (χ1n) is 3.32. The second-order valence-electron chi connectivity index (χ2n) is 2.11. The van der Waals surface area contributed by atoms with Crippen LogP contribution in [0.1, 0.15) is 6.42 Å². The van der Waals surface area contributed by atoms with Gasteiger partial charge in [0.1, 0.15) is 0 Å². The summed E-state index contributed by atoms with van der Waals surface area (Å²) in [5.74, 6) is 5.09. The van der Waals surface area contributed by atoms with Crippen LogP contribution in [-0.4, -0.2) is 16.1 Å². The molecule has 0 radical (unpaired) electrons. The van der Waals surface area contributed by atoms with Gasteiger partial charge in [-0.2, -0.15) is 0 Å². The average molecular weight is 250 g/mol. The molecule has 0 saturated heterocycles. The van der Waals surface area contributed by atoms with Crippen LogP contribution >= 0.6 is 37.2 Å². The maximum atomic E-state index is 5.09. The Morgan fingerprint density at radius 2 is 2.00 bits per heavy atom. The van der Waals surface area contributed by atoms with Crippen LogP contribution in [-0.2, 0) is 6.54 Å². The van der Waals surface area contributed by atoms with Crippen molar-refractivity contribution in [3.05, 3.63) is 18.7 Å². The van der Waals surface area contributed by atoms with Gasteiger partial charge in [0.15, 0.2) is 0 Å². The number of nitrogens with zero attached hydrogens (tertiary/aromatic N) is 2. The lowest BCUT2D eigenvalue weighted by molar-refractivity contribution is 0.594. The van der Waals surface area contributed by atoms with Gasteiger partial charge in [-0.25, -0.2) is 4.98 Å². The summed E-state index contributed by atoms with van der Waals surface area (Å²) in [5, 5.41) is 0. The number of imidazole rings is 1. The third-order valence-electron chi connectivity index (χ3n) is 1.30. The Morgan fingerprint density at radius 3 is 2.46 bits per heavy atom. The fraction of sp³-hybridized carbons (Fsp3) is 0.500. The number of aromatic nitrogens is 2. The molecule has 0 fully saturated rings. The van der Waals surface area contributed by atoms with Crippen LogP contribution in [0.15, 0.2) is 18.7 Å². The van der Waals surface area contributed by atoms with Crippen LogP contribution in [0.2, 0.25) is 0 Å². The van der Waals surface area contributed by atoms with E-state index >= 15 is 0 Å². The van der Waals surface area contributed by atoms with Crippen LogP contribution in [0.25, 0.3) is 0 Å². The molecule has 0 aliphatic rings. The standard InChI is InChI=1S/C6H12N4.3ClH/c7-9-2-1-4-10-5-3-8-6-10;;;/h3,5-6,9H,1-2,4,7H2;3*1H. The third-order valence-corrected chi connectivity index (χ3v) is 1.30. The van der Waals surface area contributed by atoms with Crippen LogP contribution < -0.4 is 11.3 Å². The van der Waals surface area contributed by atoms with Crippen molar-refractivity contribution in [1.82, 2.24) is 15.0 Å². The highest BCUT2D eigenvalue weighted by Crippen LogP contribution is 1.87. The van der Waals surface area contributed by atoms with Crippen molar-refractivity contribution in [2.45, 2.75) is 13.0 Å². The molecule has 1 aromatic rings. The lowest BCUT2D eigenvalue weighted by atomic mass is 10.4. The number of hydrogen-bond acceptors (Lipinski definition) is 3. The molecule has 1 heterocycles. The highest BCUT2D eigenvalue weighted by Gasteiger charge is 1.87. The molecule has 0 aliphatic carbocycles. The maximum Gasteiger partial charge on any atom is 0.0945 e. The number of hydrogen-bond donors (Lipinski definition) is 2. The third kappa shape index (κ3) is 8.33. The Balaban J connectivity index is -0.000000333. The summed E-state index contributed by atoms with van der Waals surface area (Å²) in [6, 6.07) is 0. The van der Waals surface area contributed by atoms with Gasteiger partial charge in [0, 0.05) is 25.5 Å². The molecule has 3 N–H and O–H groups in total. The monoisotopic (exact) mass is 248 g/mol. The van der Waals surface area contributed by atoms with E-state index in [1.165, 1.54) is 0 Å². The van der Waals surface area contributed by atoms with Gasteiger partial charge in [0.05, 0.1) is 6.33 Å². The molecule has 0 amide bonds. The number of aryl methyl sites for hydroxylation is 1. The van der Waals surface area contributed by atoms with E-state index in [0.717, 1.165) is 19.5 Å². The largest absolute Gasteiger partial charge is 0.337 e. The summed E-state index contributed by atoms with van der Waals surface area (Å²) in [4.78, 5) is 3.91. The SMILES string of the molecule is Cl.Cl.Cl.NNCCCn1ccnc1. The molecule has 0 spiro atoms. The predicted molar refractivity (Wildman–Crippen MR) is 60.8 cm³/mol. The minimum atomic E-state index is 0. The fourth-order valence-electron chi connectivity index (χ4n) is 0.783. The number of halogens is 3. The smallest absolute Gasteiger partial charge is 0.0945 e. The zero-order chi connectivity index (χ0) is 7.23. The molecule has 0 saturated carbocycles. The van der Waals surface area contributed by atoms with Crippen LogP contribution in [0.5, 0.6) is 0 Å². The first-order valence-corrected chi connectivity index (χ1v) is 3.32. The van der Waals surface area contributed by atoms with Crippen LogP contribution in [0.4, 0.5) is 0 Å². The normalized spacial score (nSPS) is 7.77. The lowest BCUT2D eigenvalue weighted by Crippen LogP contribution is -2.23. The quantitative estimate of drug-likeness (QED) is 0.476. The summed E-state index contributed by atoms with van der Waals surface area (Å²) in [6.07, 6.45) is 6.55. The van der Waals surface area contributed by atoms with E-state index in [0.29, 0.717) is 0 Å². The number of rotatable bonds is 4. The van der Waals surface area contributed by atoms with E-state index in [-0.39, 0.29) is 37.2 Å². The Hall–Kier alpha value is -0.000000000000000167. The summed E-state index contributed by atoms with van der Waals surface area (Å²) in [5.41, 5.74) is 2.60. The van der Waals surface area contributed by atoms with Crippen molar-refractivity contribution in [3.63, 3.8) is 0 Å². The van der Waals surface area contributed by atoms with Crippen molar-refractivity contribution >= 4 is 37.2 Å². The summed E-state index contributed by atoms with van der Waals surface area (Å²) in [6.45, 7) is 1.82. The molecular formula is C6H15Cl3N4. The van der Waals surface area contributed by atoms with Gasteiger partial charge < -0.3 is 4.57 Å². The summed E-state index contributed by atoms with van der Waals surface area (Å²) < 4.78 is 2.03. The molecule has 1 aromatic heterocycles. The van der Waals surface area contributed by atoms with Gasteiger partial charge in [-0.1, -0.05) is 0 Å². The molecule has 13 heavy (non-hydrogen) atoms. The molecule has 0 bridgehead atoms. The van der Waals surface area contributed by atoms with Crippen molar-refractivity contribution in [2.24, 2.45) is 5.84 Å². The van der Waals surface area contributed by atoms with Gasteiger partial charge >= 0.3 is 0 Å². The summed E-state index contributed by atoms with van der Waals surface area (Å²) >= 11 is 0. The molecule has 80 valence electrons. The van der Waals surface area contributed by atoms with Crippen molar-refractivity contribution in [2.75, 3.05) is 6.54 Å². The number of nitrogens with one attached hydrogen (secondary N) is 1. The highest BCUT2D eigenvalue weighted by atomic mass is 35.5. The summed E-state index contributed by atoms with van der Waals surface area (Å²) in [7, 11) is 0. The molecule has 7 heteroatoms. The first kappa shape index (κ1) is 18.7. The van der Waals surface area contributed by atoms with Gasteiger partial charge in [-0.15, -0.1) is 37.2 Å². The van der Waals surface area contributed by atoms with E-state index in [4.69, 9.17) is 5.84 Å². The number of hydrazine groups is 1. The number of nitrogens with two attached hydrogens (primary N) is 1. The lowest BCUT2D eigenvalue weighted by Gasteiger charge is -1.99. The fourth-order valence-corrected chi connectivity index (χ4v) is 0.783. The second kappa shape index (κ2) is 12.0. The van der Waals surface area contributed by atoms with Gasteiger partial charge in [-0.05, 0) is 6.42 Å². The van der Waals surface area contributed by atoms with E-state index in [2.05, 4.69) is 10.4 Å². The minimum Gasteiger partial charge on any atom is -0.337 e. The van der Waals surface area contributed by atoms with Gasteiger partial charge in [0.25, 0.3) is 0 Å². The van der Waals surface area contributed by atoms with E-state index in [9.17, 15) is 0 Å². The van der Waals surface area contributed by atoms with Crippen LogP contribution in [0.3, 0.4) is 0 Å². The maximum absolute atomic E-state index is 5.09. The Labute approximate surface area is 96.5 Å². The van der Waals surface area contributed by atoms with Gasteiger partial charge in [0.2, 0.25) is 0 Å². The van der Waals surface area contributed by atoms with E-state index < -0.39 is 0 Å². The van der Waals surface area contributed by atoms with Crippen molar-refractivity contribution < 1.29 is 0 Å². The molecule has 1 rings (SSSR count). The molecule has 0 aliphatic heterocycles. The van der Waals surface area contributed by atoms with E-state index in [1.807, 2.05) is 10.8 Å². The zero-order valence-corrected chi connectivity index (χ0v) is 9.50. The Kier molecular flexibility index (Phi) is 17.3. The topological polar surface area (TPSA) is 55.9 Å². The Bertz CT molecular complexity index is 168. The molecule has 0 atom stereocenters. The Morgan fingerprint density at radius 1 is 1.31 bits per heavy atom. The highest BCUT2D eigenvalue weighted by molar-refractivity contribution is 5.86. The molecule has 0 aromatic carbocycles.